The molecule has 29 heavy (non-hydrogen) atoms. The first kappa shape index (κ1) is 19.0. The Morgan fingerprint density at radius 2 is 1.72 bits per heavy atom. The zero-order chi connectivity index (χ0) is 20.1. The second-order valence-corrected chi connectivity index (χ2v) is 6.95. The van der Waals surface area contributed by atoms with E-state index in [1.165, 1.54) is 0 Å². The number of hydrogen-bond acceptors (Lipinski definition) is 3. The molecule has 0 aliphatic carbocycles. The van der Waals surface area contributed by atoms with Crippen molar-refractivity contribution in [2.24, 2.45) is 0 Å². The summed E-state index contributed by atoms with van der Waals surface area (Å²) in [4.78, 5) is 17.4. The predicted octanol–water partition coefficient (Wildman–Crippen LogP) is 2.93. The van der Waals surface area contributed by atoms with Crippen molar-refractivity contribution in [1.29, 1.82) is 0 Å². The van der Waals surface area contributed by atoms with Gasteiger partial charge in [-0.2, -0.15) is 0 Å². The fourth-order valence-electron chi connectivity index (χ4n) is 3.63. The molecule has 1 atom stereocenters. The van der Waals surface area contributed by atoms with Crippen molar-refractivity contribution < 1.29 is 9.90 Å². The van der Waals surface area contributed by atoms with Crippen molar-refractivity contribution in [3.8, 4) is 0 Å². The average molecular weight is 388 g/mol. The first-order valence-electron chi connectivity index (χ1n) is 9.75. The van der Waals surface area contributed by atoms with Crippen LogP contribution in [0.5, 0.6) is 0 Å². The molecule has 0 unspecified atom stereocenters. The maximum absolute atomic E-state index is 13.0. The fourth-order valence-corrected chi connectivity index (χ4v) is 3.63. The number of hydrogen-bond donors (Lipinski definition) is 2. The molecule has 0 radical (unpaired) electrons. The summed E-state index contributed by atoms with van der Waals surface area (Å²) >= 11 is 0. The van der Waals surface area contributed by atoms with Gasteiger partial charge < -0.3 is 19.6 Å². The molecule has 1 amide bonds. The highest BCUT2D eigenvalue weighted by atomic mass is 16.3. The standard InChI is InChI=1S/C23H24N4O2/c28-17-22-25-19-10-4-5-11-20(19)27(22)15-12-24-23(29)21(26-13-6-7-14-26)16-18-8-2-1-3-9-18/h1-11,13-14,21,28H,12,15-17H2,(H,24,29)/t21-/m1/s1. The van der Waals surface area contributed by atoms with Gasteiger partial charge >= 0.3 is 0 Å². The molecule has 0 aliphatic rings. The Kier molecular flexibility index (Phi) is 5.72. The van der Waals surface area contributed by atoms with Gasteiger partial charge in [0.25, 0.3) is 0 Å². The number of carbonyl (C=O) groups is 1. The van der Waals surface area contributed by atoms with Gasteiger partial charge in [-0.25, -0.2) is 4.98 Å². The molecule has 148 valence electrons. The van der Waals surface area contributed by atoms with Gasteiger partial charge in [0.05, 0.1) is 11.0 Å². The molecule has 0 spiro atoms. The highest BCUT2D eigenvalue weighted by molar-refractivity contribution is 5.80. The highest BCUT2D eigenvalue weighted by Crippen LogP contribution is 2.17. The van der Waals surface area contributed by atoms with E-state index < -0.39 is 0 Å². The summed E-state index contributed by atoms with van der Waals surface area (Å²) in [6.07, 6.45) is 4.46. The summed E-state index contributed by atoms with van der Waals surface area (Å²) < 4.78 is 3.89. The Morgan fingerprint density at radius 1 is 1.00 bits per heavy atom. The van der Waals surface area contributed by atoms with Gasteiger partial charge in [0.15, 0.2) is 0 Å². The fraction of sp³-hybridized carbons (Fsp3) is 0.217. The van der Waals surface area contributed by atoms with Crippen LogP contribution in [0.3, 0.4) is 0 Å². The smallest absolute Gasteiger partial charge is 0.243 e. The monoisotopic (exact) mass is 388 g/mol. The molecular formula is C23H24N4O2. The molecule has 2 aromatic carbocycles. The first-order valence-corrected chi connectivity index (χ1v) is 9.75. The molecule has 2 aromatic heterocycles. The van der Waals surface area contributed by atoms with Crippen LogP contribution in [0.4, 0.5) is 0 Å². The Bertz CT molecular complexity index is 1070. The molecule has 0 saturated carbocycles. The number of para-hydroxylation sites is 2. The number of imidazole rings is 1. The van der Waals surface area contributed by atoms with Crippen LogP contribution < -0.4 is 5.32 Å². The van der Waals surface area contributed by atoms with E-state index in [4.69, 9.17) is 0 Å². The number of carbonyl (C=O) groups excluding carboxylic acids is 1. The number of rotatable bonds is 8. The maximum Gasteiger partial charge on any atom is 0.243 e. The van der Waals surface area contributed by atoms with Crippen LogP contribution in [0.15, 0.2) is 79.1 Å². The summed E-state index contributed by atoms with van der Waals surface area (Å²) in [6, 6.07) is 21.3. The van der Waals surface area contributed by atoms with Gasteiger partial charge in [0.1, 0.15) is 18.5 Å². The number of fused-ring (bicyclic) bond motifs is 1. The summed E-state index contributed by atoms with van der Waals surface area (Å²) in [7, 11) is 0. The van der Waals surface area contributed by atoms with Crippen LogP contribution in [0.2, 0.25) is 0 Å². The zero-order valence-electron chi connectivity index (χ0n) is 16.1. The van der Waals surface area contributed by atoms with Crippen molar-refractivity contribution in [1.82, 2.24) is 19.4 Å². The van der Waals surface area contributed by atoms with Crippen molar-refractivity contribution >= 4 is 16.9 Å². The van der Waals surface area contributed by atoms with Crippen molar-refractivity contribution in [2.75, 3.05) is 6.54 Å². The van der Waals surface area contributed by atoms with E-state index in [0.29, 0.717) is 25.3 Å². The molecule has 6 nitrogen and oxygen atoms in total. The number of aliphatic hydroxyl groups excluding tert-OH is 1. The normalized spacial score (nSPS) is 12.2. The minimum absolute atomic E-state index is 0.0278. The third kappa shape index (κ3) is 4.22. The summed E-state index contributed by atoms with van der Waals surface area (Å²) in [6.45, 7) is 0.868. The lowest BCUT2D eigenvalue weighted by molar-refractivity contribution is -0.124. The number of amides is 1. The molecule has 0 saturated heterocycles. The van der Waals surface area contributed by atoms with Gasteiger partial charge in [-0.1, -0.05) is 42.5 Å². The number of aliphatic hydroxyl groups is 1. The Labute approximate surface area is 169 Å². The number of nitrogens with one attached hydrogen (secondary N) is 1. The molecule has 0 fully saturated rings. The third-order valence-electron chi connectivity index (χ3n) is 5.07. The van der Waals surface area contributed by atoms with Crippen LogP contribution >= 0.6 is 0 Å². The second-order valence-electron chi connectivity index (χ2n) is 6.95. The van der Waals surface area contributed by atoms with Gasteiger partial charge in [-0.3, -0.25) is 4.79 Å². The van der Waals surface area contributed by atoms with E-state index in [9.17, 15) is 9.90 Å². The van der Waals surface area contributed by atoms with E-state index >= 15 is 0 Å². The second kappa shape index (κ2) is 8.75. The topological polar surface area (TPSA) is 72.1 Å². The Balaban J connectivity index is 1.46. The highest BCUT2D eigenvalue weighted by Gasteiger charge is 2.20. The van der Waals surface area contributed by atoms with Gasteiger partial charge in [-0.15, -0.1) is 0 Å². The van der Waals surface area contributed by atoms with Crippen LogP contribution in [0, 0.1) is 0 Å². The van der Waals surface area contributed by atoms with Crippen LogP contribution in [0.1, 0.15) is 17.4 Å². The van der Waals surface area contributed by atoms with E-state index in [1.54, 1.807) is 0 Å². The predicted molar refractivity (Wildman–Crippen MR) is 112 cm³/mol. The average Bonchev–Trinajstić information content (AvgIpc) is 3.41. The van der Waals surface area contributed by atoms with E-state index in [2.05, 4.69) is 10.3 Å². The summed E-state index contributed by atoms with van der Waals surface area (Å²) in [5, 5.41) is 12.7. The zero-order valence-corrected chi connectivity index (χ0v) is 16.1. The minimum atomic E-state index is -0.316. The van der Waals surface area contributed by atoms with E-state index in [0.717, 1.165) is 16.6 Å². The van der Waals surface area contributed by atoms with Crippen LogP contribution in [0.25, 0.3) is 11.0 Å². The van der Waals surface area contributed by atoms with Crippen LogP contribution in [-0.2, 0) is 24.4 Å². The first-order chi connectivity index (χ1) is 14.3. The summed E-state index contributed by atoms with van der Waals surface area (Å²) in [5.74, 6) is 0.576. The lowest BCUT2D eigenvalue weighted by Gasteiger charge is -2.19. The SMILES string of the molecule is O=C(NCCn1c(CO)nc2ccccc21)[C@@H](Cc1ccccc1)n1cccc1. The molecule has 4 rings (SSSR count). The molecule has 6 heteroatoms. The maximum atomic E-state index is 13.0. The molecular weight excluding hydrogens is 364 g/mol. The molecule has 2 N–H and O–H groups in total. The largest absolute Gasteiger partial charge is 0.388 e. The molecule has 2 heterocycles. The number of benzene rings is 2. The molecule has 0 bridgehead atoms. The lowest BCUT2D eigenvalue weighted by atomic mass is 10.1. The van der Waals surface area contributed by atoms with Gasteiger partial charge in [0.2, 0.25) is 5.91 Å². The number of nitrogens with zero attached hydrogens (tertiary/aromatic N) is 3. The number of aromatic nitrogens is 3. The molecule has 4 aromatic rings. The minimum Gasteiger partial charge on any atom is -0.388 e. The summed E-state index contributed by atoms with van der Waals surface area (Å²) in [5.41, 5.74) is 2.92. The van der Waals surface area contributed by atoms with Crippen molar-refractivity contribution in [3.63, 3.8) is 0 Å². The third-order valence-corrected chi connectivity index (χ3v) is 5.07. The van der Waals surface area contributed by atoms with Gasteiger partial charge in [0, 0.05) is 31.9 Å². The lowest BCUT2D eigenvalue weighted by Crippen LogP contribution is -2.35. The van der Waals surface area contributed by atoms with Crippen LogP contribution in [-0.4, -0.2) is 31.7 Å². The van der Waals surface area contributed by atoms with Gasteiger partial charge in [-0.05, 0) is 29.8 Å². The van der Waals surface area contributed by atoms with Crippen molar-refractivity contribution in [3.05, 3.63) is 90.5 Å². The quantitative estimate of drug-likeness (QED) is 0.488. The Morgan fingerprint density at radius 3 is 2.48 bits per heavy atom. The van der Waals surface area contributed by atoms with Crippen molar-refractivity contribution in [2.45, 2.75) is 25.6 Å². The van der Waals surface area contributed by atoms with E-state index in [1.807, 2.05) is 88.3 Å². The van der Waals surface area contributed by atoms with E-state index in [-0.39, 0.29) is 18.6 Å². The Hall–Kier alpha value is -3.38. The molecule has 0 aliphatic heterocycles.